The third kappa shape index (κ3) is 1.56. The topological polar surface area (TPSA) is 43.1 Å². The lowest BCUT2D eigenvalue weighted by atomic mass is 10.0. The van der Waals surface area contributed by atoms with Crippen molar-refractivity contribution in [3.63, 3.8) is 0 Å². The van der Waals surface area contributed by atoms with Gasteiger partial charge >= 0.3 is 0 Å². The Hall–Kier alpha value is -1.90. The summed E-state index contributed by atoms with van der Waals surface area (Å²) in [5.74, 6) is 0. The van der Waals surface area contributed by atoms with E-state index in [1.165, 1.54) is 0 Å². The lowest BCUT2D eigenvalue weighted by Crippen LogP contribution is -1.91. The van der Waals surface area contributed by atoms with Gasteiger partial charge < -0.3 is 0 Å². The first kappa shape index (κ1) is 9.65. The van der Waals surface area contributed by atoms with E-state index < -0.39 is 0 Å². The summed E-state index contributed by atoms with van der Waals surface area (Å²) in [5, 5.41) is 12.5. The number of rotatable bonds is 2. The molecule has 0 radical (unpaired) electrons. The summed E-state index contributed by atoms with van der Waals surface area (Å²) in [4.78, 5) is 10.5. The molecule has 2 rings (SSSR count). The first-order valence-corrected chi connectivity index (χ1v) is 4.89. The molecule has 0 unspecified atom stereocenters. The molecule has 0 spiro atoms. The van der Waals surface area contributed by atoms with Gasteiger partial charge in [-0.1, -0.05) is 31.2 Å². The molecule has 0 saturated heterocycles. The molecule has 15 heavy (non-hydrogen) atoms. The van der Waals surface area contributed by atoms with Crippen LogP contribution in [-0.2, 0) is 6.42 Å². The van der Waals surface area contributed by atoms with Gasteiger partial charge in [0.15, 0.2) is 0 Å². The van der Waals surface area contributed by atoms with Gasteiger partial charge in [0.05, 0.1) is 10.3 Å². The number of hydrogen-bond donors (Lipinski definition) is 0. The van der Waals surface area contributed by atoms with Crippen LogP contribution in [0.2, 0.25) is 0 Å². The number of aryl methyl sites for hydroxylation is 1. The molecule has 0 aliphatic rings. The molecule has 2 aromatic rings. The molecular weight excluding hydrogens is 190 g/mol. The zero-order valence-electron chi connectivity index (χ0n) is 8.43. The van der Waals surface area contributed by atoms with Crippen LogP contribution in [0, 0.1) is 10.1 Å². The van der Waals surface area contributed by atoms with Crippen molar-refractivity contribution in [3.05, 3.63) is 52.1 Å². The first-order chi connectivity index (χ1) is 7.24. The van der Waals surface area contributed by atoms with Crippen LogP contribution in [0.25, 0.3) is 10.8 Å². The summed E-state index contributed by atoms with van der Waals surface area (Å²) in [6.07, 6.45) is 0.887. The van der Waals surface area contributed by atoms with Gasteiger partial charge in [0.25, 0.3) is 5.69 Å². The van der Waals surface area contributed by atoms with Gasteiger partial charge in [-0.05, 0) is 23.4 Å². The minimum Gasteiger partial charge on any atom is -0.258 e. The Kier molecular flexibility index (Phi) is 2.37. The van der Waals surface area contributed by atoms with E-state index in [1.807, 2.05) is 25.1 Å². The Labute approximate surface area is 87.5 Å². The van der Waals surface area contributed by atoms with Gasteiger partial charge in [0, 0.05) is 6.07 Å². The average molecular weight is 201 g/mol. The minimum absolute atomic E-state index is 0.183. The fourth-order valence-electron chi connectivity index (χ4n) is 1.83. The van der Waals surface area contributed by atoms with E-state index in [1.54, 1.807) is 18.2 Å². The van der Waals surface area contributed by atoms with Crippen LogP contribution in [0.5, 0.6) is 0 Å². The van der Waals surface area contributed by atoms with E-state index in [0.717, 1.165) is 22.8 Å². The normalized spacial score (nSPS) is 10.5. The fraction of sp³-hybridized carbons (Fsp3) is 0.167. The fourth-order valence-corrected chi connectivity index (χ4v) is 1.83. The molecule has 0 fully saturated rings. The molecule has 0 aliphatic heterocycles. The third-order valence-corrected chi connectivity index (χ3v) is 2.57. The molecule has 3 heteroatoms. The number of benzene rings is 2. The van der Waals surface area contributed by atoms with Crippen LogP contribution in [0.4, 0.5) is 5.69 Å². The van der Waals surface area contributed by atoms with E-state index >= 15 is 0 Å². The van der Waals surface area contributed by atoms with Crippen LogP contribution in [0.3, 0.4) is 0 Å². The Morgan fingerprint density at radius 1 is 1.13 bits per heavy atom. The predicted molar refractivity (Wildman–Crippen MR) is 60.0 cm³/mol. The lowest BCUT2D eigenvalue weighted by molar-refractivity contribution is -0.383. The second kappa shape index (κ2) is 3.69. The molecule has 0 bridgehead atoms. The monoisotopic (exact) mass is 201 g/mol. The Morgan fingerprint density at radius 3 is 2.47 bits per heavy atom. The van der Waals surface area contributed by atoms with Crippen LogP contribution in [0.1, 0.15) is 12.5 Å². The van der Waals surface area contributed by atoms with Gasteiger partial charge in [0.2, 0.25) is 0 Å². The molecule has 0 heterocycles. The number of nitro groups is 1. The molecule has 0 aromatic heterocycles. The van der Waals surface area contributed by atoms with Crippen LogP contribution >= 0.6 is 0 Å². The molecular formula is C12H11NO2. The van der Waals surface area contributed by atoms with Crippen LogP contribution in [-0.4, -0.2) is 4.92 Å². The van der Waals surface area contributed by atoms with Gasteiger partial charge in [-0.3, -0.25) is 10.1 Å². The quantitative estimate of drug-likeness (QED) is 0.552. The highest BCUT2D eigenvalue weighted by molar-refractivity contribution is 5.93. The predicted octanol–water partition coefficient (Wildman–Crippen LogP) is 3.31. The molecule has 3 nitrogen and oxygen atoms in total. The van der Waals surface area contributed by atoms with E-state index in [-0.39, 0.29) is 10.6 Å². The van der Waals surface area contributed by atoms with Crippen molar-refractivity contribution in [3.8, 4) is 0 Å². The molecule has 0 atom stereocenters. The highest BCUT2D eigenvalue weighted by Gasteiger charge is 2.11. The second-order valence-electron chi connectivity index (χ2n) is 3.40. The maximum atomic E-state index is 10.8. The standard InChI is InChI=1S/C12H11NO2/c1-2-9-5-3-7-11-10(9)6-4-8-12(11)13(14)15/h3-8H,2H2,1H3. The van der Waals surface area contributed by atoms with Crippen LogP contribution in [0.15, 0.2) is 36.4 Å². The van der Waals surface area contributed by atoms with Gasteiger partial charge in [-0.25, -0.2) is 0 Å². The minimum atomic E-state index is -0.332. The SMILES string of the molecule is CCc1cccc2c([N+](=O)[O-])cccc12. The summed E-state index contributed by atoms with van der Waals surface area (Å²) in [5.41, 5.74) is 1.33. The highest BCUT2D eigenvalue weighted by Crippen LogP contribution is 2.27. The number of nitro benzene ring substituents is 1. The largest absolute Gasteiger partial charge is 0.277 e. The van der Waals surface area contributed by atoms with Gasteiger partial charge in [-0.2, -0.15) is 0 Å². The lowest BCUT2D eigenvalue weighted by Gasteiger charge is -2.03. The molecule has 0 amide bonds. The highest BCUT2D eigenvalue weighted by atomic mass is 16.6. The number of hydrogen-bond acceptors (Lipinski definition) is 2. The zero-order chi connectivity index (χ0) is 10.8. The van der Waals surface area contributed by atoms with Crippen LogP contribution < -0.4 is 0 Å². The maximum Gasteiger partial charge on any atom is 0.277 e. The number of non-ortho nitro benzene ring substituents is 1. The second-order valence-corrected chi connectivity index (χ2v) is 3.40. The van der Waals surface area contributed by atoms with Crippen molar-refractivity contribution in [1.29, 1.82) is 0 Å². The van der Waals surface area contributed by atoms with E-state index in [2.05, 4.69) is 0 Å². The summed E-state index contributed by atoms with van der Waals surface area (Å²) >= 11 is 0. The van der Waals surface area contributed by atoms with Crippen molar-refractivity contribution in [2.75, 3.05) is 0 Å². The van der Waals surface area contributed by atoms with Gasteiger partial charge in [-0.15, -0.1) is 0 Å². The summed E-state index contributed by atoms with van der Waals surface area (Å²) in [7, 11) is 0. The van der Waals surface area contributed by atoms with Crippen molar-refractivity contribution in [2.45, 2.75) is 13.3 Å². The maximum absolute atomic E-state index is 10.8. The molecule has 76 valence electrons. The smallest absolute Gasteiger partial charge is 0.258 e. The van der Waals surface area contributed by atoms with Gasteiger partial charge in [0.1, 0.15) is 0 Å². The molecule has 2 aromatic carbocycles. The van der Waals surface area contributed by atoms with E-state index in [9.17, 15) is 10.1 Å². The van der Waals surface area contributed by atoms with Crippen molar-refractivity contribution in [1.82, 2.24) is 0 Å². The zero-order valence-corrected chi connectivity index (χ0v) is 8.43. The molecule has 0 N–H and O–H groups in total. The molecule has 0 aliphatic carbocycles. The van der Waals surface area contributed by atoms with Crippen molar-refractivity contribution in [2.24, 2.45) is 0 Å². The van der Waals surface area contributed by atoms with E-state index in [4.69, 9.17) is 0 Å². The number of fused-ring (bicyclic) bond motifs is 1. The van der Waals surface area contributed by atoms with Crippen molar-refractivity contribution < 1.29 is 4.92 Å². The Bertz CT molecular complexity index is 520. The summed E-state index contributed by atoms with van der Waals surface area (Å²) in [6, 6.07) is 10.9. The third-order valence-electron chi connectivity index (χ3n) is 2.57. The van der Waals surface area contributed by atoms with E-state index in [0.29, 0.717) is 0 Å². The number of nitrogens with zero attached hydrogens (tertiary/aromatic N) is 1. The molecule has 0 saturated carbocycles. The summed E-state index contributed by atoms with van der Waals surface area (Å²) < 4.78 is 0. The average Bonchev–Trinajstić information content (AvgIpc) is 2.27. The van der Waals surface area contributed by atoms with Crippen molar-refractivity contribution >= 4 is 16.5 Å². The Morgan fingerprint density at radius 2 is 1.80 bits per heavy atom. The summed E-state index contributed by atoms with van der Waals surface area (Å²) in [6.45, 7) is 2.05. The first-order valence-electron chi connectivity index (χ1n) is 4.89. The Balaban J connectivity index is 2.82.